The van der Waals surface area contributed by atoms with E-state index in [0.717, 1.165) is 5.56 Å². The largest absolute Gasteiger partial charge is 0.454 e. The number of nitrogens with one attached hydrogen (secondary N) is 1. The van der Waals surface area contributed by atoms with Gasteiger partial charge in [-0.1, -0.05) is 23.7 Å². The minimum Gasteiger partial charge on any atom is -0.454 e. The van der Waals surface area contributed by atoms with Crippen molar-refractivity contribution in [2.75, 3.05) is 16.7 Å². The highest BCUT2D eigenvalue weighted by Crippen LogP contribution is 2.39. The molecule has 0 spiro atoms. The first kappa shape index (κ1) is 19.3. The van der Waals surface area contributed by atoms with E-state index in [2.05, 4.69) is 4.72 Å². The average Bonchev–Trinajstić information content (AvgIpc) is 2.78. The molecule has 0 aliphatic carbocycles. The van der Waals surface area contributed by atoms with Crippen LogP contribution in [0.15, 0.2) is 65.6 Å². The highest BCUT2D eigenvalue weighted by molar-refractivity contribution is 7.92. The van der Waals surface area contributed by atoms with E-state index in [1.807, 2.05) is 19.1 Å². The number of aryl methyl sites for hydroxylation is 1. The number of amides is 1. The van der Waals surface area contributed by atoms with Gasteiger partial charge in [-0.05, 0) is 61.0 Å². The molecule has 0 bridgehead atoms. The molecule has 6 nitrogen and oxygen atoms in total. The van der Waals surface area contributed by atoms with Gasteiger partial charge in [0.15, 0.2) is 5.75 Å². The van der Waals surface area contributed by atoms with E-state index in [1.54, 1.807) is 37.4 Å². The third-order valence-electron chi connectivity index (χ3n) is 4.57. The summed E-state index contributed by atoms with van der Waals surface area (Å²) >= 11 is 5.90. The Balaban J connectivity index is 1.71. The van der Waals surface area contributed by atoms with Crippen LogP contribution in [0.5, 0.6) is 11.5 Å². The molecule has 0 fully saturated rings. The fraction of sp³-hybridized carbons (Fsp3) is 0.0952. The van der Waals surface area contributed by atoms with Gasteiger partial charge in [0.2, 0.25) is 0 Å². The summed E-state index contributed by atoms with van der Waals surface area (Å²) in [5, 5.41) is 0.313. The molecule has 4 rings (SSSR count). The highest BCUT2D eigenvalue weighted by atomic mass is 35.5. The first-order valence-electron chi connectivity index (χ1n) is 8.73. The Morgan fingerprint density at radius 2 is 1.76 bits per heavy atom. The predicted octanol–water partition coefficient (Wildman–Crippen LogP) is 4.83. The first-order chi connectivity index (χ1) is 13.7. The lowest BCUT2D eigenvalue weighted by molar-refractivity contribution is 0.0993. The number of ether oxygens (including phenoxy) is 1. The Hall–Kier alpha value is -3.03. The zero-order valence-corrected chi connectivity index (χ0v) is 17.2. The van der Waals surface area contributed by atoms with Crippen molar-refractivity contribution >= 4 is 38.9 Å². The molecule has 0 aromatic heterocycles. The van der Waals surface area contributed by atoms with E-state index < -0.39 is 10.0 Å². The lowest BCUT2D eigenvalue weighted by Crippen LogP contribution is -2.25. The molecule has 8 heteroatoms. The maximum Gasteiger partial charge on any atom is 0.261 e. The quantitative estimate of drug-likeness (QED) is 0.648. The number of halogens is 1. The van der Waals surface area contributed by atoms with Crippen molar-refractivity contribution < 1.29 is 17.9 Å². The van der Waals surface area contributed by atoms with Gasteiger partial charge < -0.3 is 9.64 Å². The molecular formula is C21H17ClN2O4S. The van der Waals surface area contributed by atoms with E-state index in [1.165, 1.54) is 23.1 Å². The van der Waals surface area contributed by atoms with Crippen LogP contribution in [0, 0.1) is 6.92 Å². The van der Waals surface area contributed by atoms with Gasteiger partial charge in [0, 0.05) is 17.8 Å². The van der Waals surface area contributed by atoms with Crippen LogP contribution < -0.4 is 14.4 Å². The molecule has 0 saturated carbocycles. The van der Waals surface area contributed by atoms with E-state index in [-0.39, 0.29) is 22.1 Å². The number of anilines is 2. The summed E-state index contributed by atoms with van der Waals surface area (Å²) < 4.78 is 33.7. The molecular weight excluding hydrogens is 412 g/mol. The van der Waals surface area contributed by atoms with Crippen molar-refractivity contribution in [3.8, 4) is 11.5 Å². The summed E-state index contributed by atoms with van der Waals surface area (Å²) in [5.74, 6) is 0.612. The van der Waals surface area contributed by atoms with Gasteiger partial charge >= 0.3 is 0 Å². The highest BCUT2D eigenvalue weighted by Gasteiger charge is 2.26. The number of sulfonamides is 1. The summed E-state index contributed by atoms with van der Waals surface area (Å²) in [6, 6.07) is 16.1. The predicted molar refractivity (Wildman–Crippen MR) is 113 cm³/mol. The van der Waals surface area contributed by atoms with Crippen LogP contribution in [0.4, 0.5) is 11.4 Å². The minimum atomic E-state index is -3.86. The molecule has 1 aliphatic rings. The number of carbonyl (C=O) groups is 1. The summed E-state index contributed by atoms with van der Waals surface area (Å²) in [6.45, 7) is 1.93. The van der Waals surface area contributed by atoms with Crippen LogP contribution in [-0.4, -0.2) is 21.4 Å². The maximum absolute atomic E-state index is 13.0. The number of fused-ring (bicyclic) bond motifs is 2. The summed E-state index contributed by atoms with van der Waals surface area (Å²) in [4.78, 5) is 14.5. The Morgan fingerprint density at radius 1 is 1.00 bits per heavy atom. The maximum atomic E-state index is 13.0. The number of hydrogen-bond acceptors (Lipinski definition) is 4. The molecule has 0 unspecified atom stereocenters. The van der Waals surface area contributed by atoms with Gasteiger partial charge in [-0.15, -0.1) is 0 Å². The van der Waals surface area contributed by atoms with Crippen LogP contribution in [0.1, 0.15) is 15.9 Å². The van der Waals surface area contributed by atoms with Crippen molar-refractivity contribution in [2.24, 2.45) is 0 Å². The zero-order valence-electron chi connectivity index (χ0n) is 15.6. The smallest absolute Gasteiger partial charge is 0.261 e. The molecule has 0 radical (unpaired) electrons. The summed E-state index contributed by atoms with van der Waals surface area (Å²) in [5.41, 5.74) is 2.14. The lowest BCUT2D eigenvalue weighted by Gasteiger charge is -2.17. The number of benzene rings is 3. The van der Waals surface area contributed by atoms with Gasteiger partial charge in [-0.3, -0.25) is 9.52 Å². The second-order valence-corrected chi connectivity index (χ2v) is 8.83. The molecule has 1 aliphatic heterocycles. The average molecular weight is 429 g/mol. The number of hydrogen-bond donors (Lipinski definition) is 1. The van der Waals surface area contributed by atoms with Gasteiger partial charge in [-0.25, -0.2) is 8.42 Å². The Labute approximate surface area is 173 Å². The number of carbonyl (C=O) groups excluding carboxylic acids is 1. The van der Waals surface area contributed by atoms with E-state index in [0.29, 0.717) is 22.2 Å². The van der Waals surface area contributed by atoms with Crippen molar-refractivity contribution in [1.82, 2.24) is 0 Å². The second kappa shape index (κ2) is 7.09. The van der Waals surface area contributed by atoms with Gasteiger partial charge in [0.1, 0.15) is 5.75 Å². The molecule has 0 atom stereocenters. The Morgan fingerprint density at radius 3 is 2.52 bits per heavy atom. The molecule has 3 aromatic carbocycles. The standard InChI is InChI=1S/C21H17ClN2O4S/c1-13-6-8-20-18(10-13)24(2)21(25)17-12-15(7-9-19(17)28-20)23-29(26,27)16-5-3-4-14(22)11-16/h3-12,23H,1-2H3. The van der Waals surface area contributed by atoms with Gasteiger partial charge in [-0.2, -0.15) is 0 Å². The third kappa shape index (κ3) is 3.66. The summed E-state index contributed by atoms with van der Waals surface area (Å²) in [7, 11) is -2.21. The minimum absolute atomic E-state index is 0.0301. The van der Waals surface area contributed by atoms with Crippen molar-refractivity contribution in [3.63, 3.8) is 0 Å². The molecule has 1 amide bonds. The van der Waals surface area contributed by atoms with Crippen LogP contribution in [0.2, 0.25) is 5.02 Å². The van der Waals surface area contributed by atoms with Gasteiger partial charge in [0.25, 0.3) is 15.9 Å². The fourth-order valence-electron chi connectivity index (χ4n) is 3.08. The van der Waals surface area contributed by atoms with Crippen molar-refractivity contribution in [2.45, 2.75) is 11.8 Å². The topological polar surface area (TPSA) is 75.7 Å². The van der Waals surface area contributed by atoms with Crippen LogP contribution >= 0.6 is 11.6 Å². The van der Waals surface area contributed by atoms with E-state index in [9.17, 15) is 13.2 Å². The molecule has 1 heterocycles. The molecule has 3 aromatic rings. The van der Waals surface area contributed by atoms with E-state index >= 15 is 0 Å². The number of nitrogens with zero attached hydrogens (tertiary/aromatic N) is 1. The fourth-order valence-corrected chi connectivity index (χ4v) is 4.43. The summed E-state index contributed by atoms with van der Waals surface area (Å²) in [6.07, 6.45) is 0. The zero-order chi connectivity index (χ0) is 20.8. The Bertz CT molecular complexity index is 1240. The lowest BCUT2D eigenvalue weighted by atomic mass is 10.1. The van der Waals surface area contributed by atoms with Crippen LogP contribution in [-0.2, 0) is 10.0 Å². The third-order valence-corrected chi connectivity index (χ3v) is 6.18. The van der Waals surface area contributed by atoms with Crippen molar-refractivity contribution in [3.05, 3.63) is 76.8 Å². The monoisotopic (exact) mass is 428 g/mol. The second-order valence-electron chi connectivity index (χ2n) is 6.71. The molecule has 29 heavy (non-hydrogen) atoms. The van der Waals surface area contributed by atoms with Crippen LogP contribution in [0.25, 0.3) is 0 Å². The van der Waals surface area contributed by atoms with Gasteiger partial charge in [0.05, 0.1) is 16.1 Å². The van der Waals surface area contributed by atoms with Crippen molar-refractivity contribution in [1.29, 1.82) is 0 Å². The molecule has 148 valence electrons. The SMILES string of the molecule is Cc1ccc2c(c1)N(C)C(=O)c1cc(NS(=O)(=O)c3cccc(Cl)c3)ccc1O2. The van der Waals surface area contributed by atoms with Crippen LogP contribution in [0.3, 0.4) is 0 Å². The molecule has 0 saturated heterocycles. The molecule has 1 N–H and O–H groups in total. The number of rotatable bonds is 3. The van der Waals surface area contributed by atoms with E-state index in [4.69, 9.17) is 16.3 Å². The normalized spacial score (nSPS) is 13.2. The Kier molecular flexibility index (Phi) is 4.72. The first-order valence-corrected chi connectivity index (χ1v) is 10.6.